The summed E-state index contributed by atoms with van der Waals surface area (Å²) in [5.41, 5.74) is 0.133. The lowest BCUT2D eigenvalue weighted by molar-refractivity contribution is -0.138. The summed E-state index contributed by atoms with van der Waals surface area (Å²) in [5, 5.41) is 9.05. The van der Waals surface area contributed by atoms with Gasteiger partial charge in [0.1, 0.15) is 6.07 Å². The first-order chi connectivity index (χ1) is 10.0. The van der Waals surface area contributed by atoms with E-state index in [1.54, 1.807) is 11.0 Å². The van der Waals surface area contributed by atoms with E-state index < -0.39 is 11.7 Å². The summed E-state index contributed by atoms with van der Waals surface area (Å²) < 4.78 is 39.1. The fourth-order valence-corrected chi connectivity index (χ4v) is 2.53. The molecular weight excluding hydrogens is 281 g/mol. The zero-order valence-electron chi connectivity index (χ0n) is 10.7. The number of hydrogen-bond donors (Lipinski definition) is 0. The molecule has 0 spiro atoms. The Bertz CT molecular complexity index is 734. The van der Waals surface area contributed by atoms with Gasteiger partial charge in [0.05, 0.1) is 5.56 Å². The Balaban J connectivity index is 2.12. The van der Waals surface area contributed by atoms with Crippen LogP contribution >= 0.6 is 0 Å². The van der Waals surface area contributed by atoms with Gasteiger partial charge in [0.15, 0.2) is 11.5 Å². The normalized spacial score (nSPS) is 13.9. The Hall–Kier alpha value is -2.62. The molecule has 0 bridgehead atoms. The standard InChI is InChI=1S/C14H9F3N4/c15-14(16,17)10-2-1-3-12-9(10)4-7-21(12)13-11(8-18)19-5-6-20-13/h1-3,5-6H,4,7H2. The molecule has 2 aromatic rings. The van der Waals surface area contributed by atoms with E-state index in [4.69, 9.17) is 5.26 Å². The lowest BCUT2D eigenvalue weighted by atomic mass is 10.0. The van der Waals surface area contributed by atoms with Crippen LogP contribution in [0.15, 0.2) is 30.6 Å². The number of benzene rings is 1. The highest BCUT2D eigenvalue weighted by Crippen LogP contribution is 2.41. The lowest BCUT2D eigenvalue weighted by Crippen LogP contribution is -2.16. The molecule has 1 aliphatic rings. The second-order valence-corrected chi connectivity index (χ2v) is 4.54. The summed E-state index contributed by atoms with van der Waals surface area (Å²) in [6, 6.07) is 5.95. The molecule has 106 valence electrons. The third-order valence-corrected chi connectivity index (χ3v) is 3.37. The minimum Gasteiger partial charge on any atom is -0.323 e. The molecule has 3 rings (SSSR count). The zero-order chi connectivity index (χ0) is 15.0. The van der Waals surface area contributed by atoms with Crippen LogP contribution in [0.3, 0.4) is 0 Å². The largest absolute Gasteiger partial charge is 0.416 e. The van der Waals surface area contributed by atoms with E-state index in [0.717, 1.165) is 6.07 Å². The molecule has 21 heavy (non-hydrogen) atoms. The fourth-order valence-electron chi connectivity index (χ4n) is 2.53. The average Bonchev–Trinajstić information content (AvgIpc) is 2.89. The molecule has 1 aromatic heterocycles. The van der Waals surface area contributed by atoms with E-state index >= 15 is 0 Å². The van der Waals surface area contributed by atoms with Gasteiger partial charge in [-0.25, -0.2) is 9.97 Å². The monoisotopic (exact) mass is 290 g/mol. The first kappa shape index (κ1) is 13.4. The molecule has 0 saturated carbocycles. The van der Waals surface area contributed by atoms with Crippen molar-refractivity contribution in [3.63, 3.8) is 0 Å². The summed E-state index contributed by atoms with van der Waals surface area (Å²) in [7, 11) is 0. The van der Waals surface area contributed by atoms with Crippen molar-refractivity contribution >= 4 is 11.5 Å². The molecule has 1 aliphatic heterocycles. The van der Waals surface area contributed by atoms with Crippen LogP contribution < -0.4 is 4.90 Å². The molecular formula is C14H9F3N4. The first-order valence-corrected chi connectivity index (χ1v) is 6.20. The van der Waals surface area contributed by atoms with Crippen LogP contribution in [0.5, 0.6) is 0 Å². The molecule has 0 fully saturated rings. The van der Waals surface area contributed by atoms with Crippen LogP contribution in [-0.4, -0.2) is 16.5 Å². The van der Waals surface area contributed by atoms with Crippen molar-refractivity contribution in [1.82, 2.24) is 9.97 Å². The molecule has 4 nitrogen and oxygen atoms in total. The number of nitriles is 1. The zero-order valence-corrected chi connectivity index (χ0v) is 10.7. The van der Waals surface area contributed by atoms with Crippen molar-refractivity contribution in [2.45, 2.75) is 12.6 Å². The Kier molecular flexibility index (Phi) is 3.01. The molecule has 0 amide bonds. The average molecular weight is 290 g/mol. The van der Waals surface area contributed by atoms with Gasteiger partial charge in [0, 0.05) is 24.6 Å². The van der Waals surface area contributed by atoms with Gasteiger partial charge in [-0.2, -0.15) is 18.4 Å². The van der Waals surface area contributed by atoms with E-state index in [0.29, 0.717) is 12.2 Å². The second-order valence-electron chi connectivity index (χ2n) is 4.54. The van der Waals surface area contributed by atoms with E-state index in [1.807, 2.05) is 6.07 Å². The van der Waals surface area contributed by atoms with Crippen molar-refractivity contribution < 1.29 is 13.2 Å². The van der Waals surface area contributed by atoms with Crippen molar-refractivity contribution in [2.24, 2.45) is 0 Å². The van der Waals surface area contributed by atoms with Gasteiger partial charge in [0.2, 0.25) is 0 Å². The Morgan fingerprint density at radius 1 is 1.19 bits per heavy atom. The quantitative estimate of drug-likeness (QED) is 0.810. The van der Waals surface area contributed by atoms with E-state index in [2.05, 4.69) is 9.97 Å². The Labute approximate surface area is 118 Å². The van der Waals surface area contributed by atoms with Crippen LogP contribution in [0.25, 0.3) is 0 Å². The highest BCUT2D eigenvalue weighted by atomic mass is 19.4. The predicted octanol–water partition coefficient (Wildman–Crippen LogP) is 3.06. The van der Waals surface area contributed by atoms with Crippen molar-refractivity contribution in [2.75, 3.05) is 11.4 Å². The van der Waals surface area contributed by atoms with Crippen LogP contribution in [0.2, 0.25) is 0 Å². The summed E-state index contributed by atoms with van der Waals surface area (Å²) in [6.07, 6.45) is -1.33. The molecule has 0 aliphatic carbocycles. The maximum atomic E-state index is 13.0. The number of nitrogens with zero attached hydrogens (tertiary/aromatic N) is 4. The maximum absolute atomic E-state index is 13.0. The SMILES string of the molecule is N#Cc1nccnc1N1CCc2c1cccc2C(F)(F)F. The highest BCUT2D eigenvalue weighted by molar-refractivity contribution is 5.71. The maximum Gasteiger partial charge on any atom is 0.416 e. The smallest absolute Gasteiger partial charge is 0.323 e. The fraction of sp³-hybridized carbons (Fsp3) is 0.214. The van der Waals surface area contributed by atoms with Crippen molar-refractivity contribution in [1.29, 1.82) is 5.26 Å². The molecule has 0 atom stereocenters. The van der Waals surface area contributed by atoms with Gasteiger partial charge in [-0.05, 0) is 24.1 Å². The van der Waals surface area contributed by atoms with Gasteiger partial charge in [-0.1, -0.05) is 6.07 Å². The van der Waals surface area contributed by atoms with Gasteiger partial charge >= 0.3 is 6.18 Å². The molecule has 0 unspecified atom stereocenters. The van der Waals surface area contributed by atoms with E-state index in [1.165, 1.54) is 18.5 Å². The van der Waals surface area contributed by atoms with Crippen LogP contribution in [0, 0.1) is 11.3 Å². The number of alkyl halides is 3. The van der Waals surface area contributed by atoms with Crippen LogP contribution in [0.1, 0.15) is 16.8 Å². The number of aromatic nitrogens is 2. The predicted molar refractivity (Wildman–Crippen MR) is 68.9 cm³/mol. The minimum atomic E-state index is -4.39. The van der Waals surface area contributed by atoms with Gasteiger partial charge in [0.25, 0.3) is 0 Å². The van der Waals surface area contributed by atoms with Gasteiger partial charge in [-0.15, -0.1) is 0 Å². The molecule has 0 N–H and O–H groups in total. The molecule has 0 saturated heterocycles. The highest BCUT2D eigenvalue weighted by Gasteiger charge is 2.37. The third-order valence-electron chi connectivity index (χ3n) is 3.37. The third kappa shape index (κ3) is 2.18. The summed E-state index contributed by atoms with van der Waals surface area (Å²) in [4.78, 5) is 9.59. The van der Waals surface area contributed by atoms with E-state index in [9.17, 15) is 13.2 Å². The summed E-state index contributed by atoms with van der Waals surface area (Å²) >= 11 is 0. The first-order valence-electron chi connectivity index (χ1n) is 6.20. The second kappa shape index (κ2) is 4.74. The Morgan fingerprint density at radius 3 is 2.67 bits per heavy atom. The molecule has 2 heterocycles. The number of fused-ring (bicyclic) bond motifs is 1. The minimum absolute atomic E-state index is 0.0998. The van der Waals surface area contributed by atoms with Crippen LogP contribution in [0.4, 0.5) is 24.7 Å². The van der Waals surface area contributed by atoms with Gasteiger partial charge in [-0.3, -0.25) is 0 Å². The van der Waals surface area contributed by atoms with Gasteiger partial charge < -0.3 is 4.90 Å². The lowest BCUT2D eigenvalue weighted by Gasteiger charge is -2.19. The number of rotatable bonds is 1. The Morgan fingerprint density at radius 2 is 1.95 bits per heavy atom. The molecule has 7 heteroatoms. The summed E-state index contributed by atoms with van der Waals surface area (Å²) in [6.45, 7) is 0.343. The number of hydrogen-bond acceptors (Lipinski definition) is 4. The van der Waals surface area contributed by atoms with Crippen LogP contribution in [-0.2, 0) is 12.6 Å². The topological polar surface area (TPSA) is 52.8 Å². The summed E-state index contributed by atoms with van der Waals surface area (Å²) in [5.74, 6) is 0.290. The van der Waals surface area contributed by atoms with E-state index in [-0.39, 0.29) is 23.5 Å². The van der Waals surface area contributed by atoms with Crippen molar-refractivity contribution in [3.8, 4) is 6.07 Å². The number of anilines is 2. The van der Waals surface area contributed by atoms with Crippen molar-refractivity contribution in [3.05, 3.63) is 47.4 Å². The molecule has 1 aromatic carbocycles. The molecule has 0 radical (unpaired) electrons. The number of halogens is 3.